The van der Waals surface area contributed by atoms with Crippen molar-refractivity contribution in [3.05, 3.63) is 12.4 Å². The summed E-state index contributed by atoms with van der Waals surface area (Å²) < 4.78 is 26.9. The highest BCUT2D eigenvalue weighted by Crippen LogP contribution is 1.83. The molecule has 0 bridgehead atoms. The Hall–Kier alpha value is -1.08. The van der Waals surface area contributed by atoms with E-state index in [4.69, 9.17) is 0 Å². The average molecular weight is 220 g/mol. The van der Waals surface area contributed by atoms with Gasteiger partial charge in [0.05, 0.1) is 6.34 Å². The maximum absolute atomic E-state index is 11.2. The Morgan fingerprint density at radius 2 is 2.21 bits per heavy atom. The van der Waals surface area contributed by atoms with Crippen LogP contribution < -0.4 is 14.8 Å². The van der Waals surface area contributed by atoms with Crippen LogP contribution in [0.5, 0.6) is 0 Å². The molecule has 0 spiro atoms. The molecule has 0 aliphatic carbocycles. The van der Waals surface area contributed by atoms with Crippen molar-refractivity contribution < 1.29 is 8.42 Å². The normalized spacial score (nSPS) is 11.6. The highest BCUT2D eigenvalue weighted by molar-refractivity contribution is 7.87. The molecular formula is C7H16N4O2S. The van der Waals surface area contributed by atoms with Crippen molar-refractivity contribution in [2.45, 2.75) is 13.3 Å². The predicted molar refractivity (Wildman–Crippen MR) is 57.0 cm³/mol. The van der Waals surface area contributed by atoms with Crippen LogP contribution in [-0.2, 0) is 10.2 Å². The first-order valence-corrected chi connectivity index (χ1v) is 5.63. The molecule has 3 N–H and O–H groups in total. The maximum Gasteiger partial charge on any atom is 0.300 e. The van der Waals surface area contributed by atoms with Gasteiger partial charge in [0.15, 0.2) is 0 Å². The molecule has 0 aromatic carbocycles. The van der Waals surface area contributed by atoms with E-state index in [-0.39, 0.29) is 5.82 Å². The summed E-state index contributed by atoms with van der Waals surface area (Å²) in [6.07, 6.45) is 2.07. The van der Waals surface area contributed by atoms with Crippen molar-refractivity contribution in [2.75, 3.05) is 13.6 Å². The van der Waals surface area contributed by atoms with Crippen molar-refractivity contribution in [2.24, 2.45) is 4.99 Å². The molecule has 0 rings (SSSR count). The molecule has 14 heavy (non-hydrogen) atoms. The fourth-order valence-corrected chi connectivity index (χ4v) is 1.53. The molecule has 0 aliphatic heterocycles. The first-order valence-electron chi connectivity index (χ1n) is 4.15. The van der Waals surface area contributed by atoms with E-state index in [0.717, 1.165) is 6.42 Å². The molecule has 0 saturated carbocycles. The van der Waals surface area contributed by atoms with Gasteiger partial charge in [-0.05, 0) is 6.42 Å². The van der Waals surface area contributed by atoms with E-state index in [1.54, 1.807) is 7.05 Å². The number of aliphatic imine (C=N–C) groups is 1. The average Bonchev–Trinajstić information content (AvgIpc) is 2.11. The summed E-state index contributed by atoms with van der Waals surface area (Å²) in [4.78, 5) is 3.62. The lowest BCUT2D eigenvalue weighted by Crippen LogP contribution is -2.39. The number of hydrogen-bond acceptors (Lipinski definition) is 3. The lowest BCUT2D eigenvalue weighted by molar-refractivity contribution is 0.571. The second kappa shape index (κ2) is 6.39. The minimum Gasteiger partial charge on any atom is -0.333 e. The van der Waals surface area contributed by atoms with Gasteiger partial charge < -0.3 is 5.32 Å². The monoisotopic (exact) mass is 220 g/mol. The summed E-state index contributed by atoms with van der Waals surface area (Å²) in [5, 5.41) is 2.55. The summed E-state index contributed by atoms with van der Waals surface area (Å²) >= 11 is 0. The quantitative estimate of drug-likeness (QED) is 0.401. The minimum atomic E-state index is -3.50. The van der Waals surface area contributed by atoms with E-state index in [1.165, 1.54) is 6.34 Å². The molecule has 0 radical (unpaired) electrons. The van der Waals surface area contributed by atoms with E-state index in [9.17, 15) is 8.42 Å². The lowest BCUT2D eigenvalue weighted by atomic mass is 10.5. The van der Waals surface area contributed by atoms with Gasteiger partial charge in [0.25, 0.3) is 10.2 Å². The summed E-state index contributed by atoms with van der Waals surface area (Å²) in [5.41, 5.74) is 0. The summed E-state index contributed by atoms with van der Waals surface area (Å²) in [6, 6.07) is 0. The molecule has 82 valence electrons. The molecule has 0 saturated heterocycles. The van der Waals surface area contributed by atoms with Crippen LogP contribution in [0.4, 0.5) is 0 Å². The molecular weight excluding hydrogens is 204 g/mol. The van der Waals surface area contributed by atoms with Crippen LogP contribution in [-0.4, -0.2) is 28.3 Å². The number of nitrogens with zero attached hydrogens (tertiary/aromatic N) is 1. The second-order valence-electron chi connectivity index (χ2n) is 2.51. The summed E-state index contributed by atoms with van der Waals surface area (Å²) in [5.74, 6) is 0.152. The van der Waals surface area contributed by atoms with E-state index in [2.05, 4.69) is 26.3 Å². The van der Waals surface area contributed by atoms with Crippen molar-refractivity contribution in [3.63, 3.8) is 0 Å². The zero-order valence-corrected chi connectivity index (χ0v) is 9.19. The summed E-state index contributed by atoms with van der Waals surface area (Å²) in [6.45, 7) is 5.72. The van der Waals surface area contributed by atoms with E-state index < -0.39 is 10.2 Å². The molecule has 0 heterocycles. The number of nitrogens with one attached hydrogen (secondary N) is 3. The predicted octanol–water partition coefficient (Wildman–Crippen LogP) is -0.461. The van der Waals surface area contributed by atoms with Crippen LogP contribution in [0.2, 0.25) is 0 Å². The van der Waals surface area contributed by atoms with Gasteiger partial charge in [-0.1, -0.05) is 13.5 Å². The first kappa shape index (κ1) is 12.9. The standard InChI is InChI=1S/C7H16N4O2S/c1-4-5-10-14(12,13)11-7(2)9-6-8-3/h6,10-11H,2,4-5H2,1,3H3,(H,8,9). The Kier molecular flexibility index (Phi) is 5.89. The molecule has 0 aliphatic rings. The van der Waals surface area contributed by atoms with Gasteiger partial charge >= 0.3 is 0 Å². The molecule has 0 aromatic rings. The maximum atomic E-state index is 11.2. The molecule has 0 unspecified atom stereocenters. The highest BCUT2D eigenvalue weighted by Gasteiger charge is 2.07. The Morgan fingerprint density at radius 3 is 2.71 bits per heavy atom. The van der Waals surface area contributed by atoms with Gasteiger partial charge in [-0.3, -0.25) is 9.71 Å². The fraction of sp³-hybridized carbons (Fsp3) is 0.571. The number of hydrogen-bond donors (Lipinski definition) is 3. The Labute approximate surface area is 84.7 Å². The number of rotatable bonds is 7. The zero-order chi connectivity index (χ0) is 11.0. The van der Waals surface area contributed by atoms with Gasteiger partial charge in [0.1, 0.15) is 5.82 Å². The topological polar surface area (TPSA) is 82.6 Å². The molecule has 0 fully saturated rings. The Balaban J connectivity index is 4.02. The van der Waals surface area contributed by atoms with Gasteiger partial charge in [-0.2, -0.15) is 13.1 Å². The smallest absolute Gasteiger partial charge is 0.300 e. The first-order chi connectivity index (χ1) is 6.52. The second-order valence-corrected chi connectivity index (χ2v) is 4.01. The Morgan fingerprint density at radius 1 is 1.57 bits per heavy atom. The third-order valence-electron chi connectivity index (χ3n) is 1.17. The molecule has 0 aromatic heterocycles. The molecule has 0 atom stereocenters. The lowest BCUT2D eigenvalue weighted by Gasteiger charge is -2.09. The van der Waals surface area contributed by atoms with Crippen LogP contribution >= 0.6 is 0 Å². The van der Waals surface area contributed by atoms with E-state index >= 15 is 0 Å². The van der Waals surface area contributed by atoms with Gasteiger partial charge in [0.2, 0.25) is 0 Å². The van der Waals surface area contributed by atoms with Crippen LogP contribution in [0.1, 0.15) is 13.3 Å². The minimum absolute atomic E-state index is 0.152. The van der Waals surface area contributed by atoms with Crippen molar-refractivity contribution in [1.29, 1.82) is 0 Å². The highest BCUT2D eigenvalue weighted by atomic mass is 32.2. The zero-order valence-electron chi connectivity index (χ0n) is 8.37. The SMILES string of the molecule is C=C(NC=NC)NS(=O)(=O)NCCC. The molecule has 0 amide bonds. The summed E-state index contributed by atoms with van der Waals surface area (Å²) in [7, 11) is -1.94. The van der Waals surface area contributed by atoms with Crippen molar-refractivity contribution in [1.82, 2.24) is 14.8 Å². The van der Waals surface area contributed by atoms with Crippen molar-refractivity contribution in [3.8, 4) is 0 Å². The molecule has 6 nitrogen and oxygen atoms in total. The molecule has 7 heteroatoms. The third-order valence-corrected chi connectivity index (χ3v) is 2.27. The van der Waals surface area contributed by atoms with E-state index in [1.807, 2.05) is 6.92 Å². The Bertz CT molecular complexity index is 297. The van der Waals surface area contributed by atoms with Crippen LogP contribution in [0, 0.1) is 0 Å². The largest absolute Gasteiger partial charge is 0.333 e. The van der Waals surface area contributed by atoms with Crippen molar-refractivity contribution >= 4 is 16.5 Å². The van der Waals surface area contributed by atoms with Gasteiger partial charge in [-0.25, -0.2) is 0 Å². The van der Waals surface area contributed by atoms with Gasteiger partial charge in [0, 0.05) is 13.6 Å². The van der Waals surface area contributed by atoms with Gasteiger partial charge in [-0.15, -0.1) is 0 Å². The fourth-order valence-electron chi connectivity index (χ4n) is 0.607. The third kappa shape index (κ3) is 6.44. The van der Waals surface area contributed by atoms with Crippen LogP contribution in [0.15, 0.2) is 17.4 Å². The van der Waals surface area contributed by atoms with E-state index in [0.29, 0.717) is 6.54 Å². The van der Waals surface area contributed by atoms with Crippen LogP contribution in [0.3, 0.4) is 0 Å². The van der Waals surface area contributed by atoms with Crippen LogP contribution in [0.25, 0.3) is 0 Å².